The van der Waals surface area contributed by atoms with Crippen molar-refractivity contribution in [3.8, 4) is 0 Å². The van der Waals surface area contributed by atoms with Crippen molar-refractivity contribution in [2.45, 2.75) is 20.3 Å². The van der Waals surface area contributed by atoms with Gasteiger partial charge in [-0.25, -0.2) is 0 Å². The second kappa shape index (κ2) is 1.00. The van der Waals surface area contributed by atoms with Gasteiger partial charge in [0.1, 0.15) is 0 Å². The Morgan fingerprint density at radius 3 is 1.56 bits per heavy atom. The fraction of sp³-hybridized carbons (Fsp3) is 0.778. The molecular formula is C9H12. The highest BCUT2D eigenvalue weighted by Crippen LogP contribution is 2.73. The molecule has 0 heterocycles. The summed E-state index contributed by atoms with van der Waals surface area (Å²) in [7, 11) is 0. The van der Waals surface area contributed by atoms with Crippen LogP contribution in [0, 0.1) is 23.7 Å². The van der Waals surface area contributed by atoms with Gasteiger partial charge in [-0.15, -0.1) is 0 Å². The fourth-order valence-corrected chi connectivity index (χ4v) is 3.26. The zero-order valence-electron chi connectivity index (χ0n) is 6.02. The zero-order valence-corrected chi connectivity index (χ0v) is 6.02. The second-order valence-corrected chi connectivity index (χ2v) is 3.98. The predicted octanol–water partition coefficient (Wildman–Crippen LogP) is 2.22. The first-order valence-corrected chi connectivity index (χ1v) is 3.98. The average Bonchev–Trinajstić information content (AvgIpc) is 1.80. The maximum Gasteiger partial charge on any atom is -0.0135 e. The van der Waals surface area contributed by atoms with E-state index in [2.05, 4.69) is 13.8 Å². The summed E-state index contributed by atoms with van der Waals surface area (Å²) in [6, 6.07) is 0. The summed E-state index contributed by atoms with van der Waals surface area (Å²) in [5.41, 5.74) is 3.50. The molecule has 0 unspecified atom stereocenters. The molecule has 0 heteroatoms. The number of rotatable bonds is 0. The highest BCUT2D eigenvalue weighted by molar-refractivity contribution is 5.40. The predicted molar refractivity (Wildman–Crippen MR) is 37.0 cm³/mol. The average molecular weight is 120 g/mol. The van der Waals surface area contributed by atoms with Gasteiger partial charge in [0.05, 0.1) is 0 Å². The third kappa shape index (κ3) is 0.253. The van der Waals surface area contributed by atoms with Crippen LogP contribution < -0.4 is 0 Å². The molecule has 0 aromatic rings. The third-order valence-corrected chi connectivity index (χ3v) is 4.01. The molecule has 5 aliphatic carbocycles. The van der Waals surface area contributed by atoms with E-state index < -0.39 is 0 Å². The minimum Gasteiger partial charge on any atom is -0.0704 e. The fourth-order valence-electron chi connectivity index (χ4n) is 3.26. The molecule has 4 bridgehead atoms. The molecule has 0 aromatic carbocycles. The Hall–Kier alpha value is -0.260. The molecule has 0 aromatic heterocycles. The lowest BCUT2D eigenvalue weighted by Gasteiger charge is -2.60. The Balaban J connectivity index is 2.11. The van der Waals surface area contributed by atoms with Crippen molar-refractivity contribution in [1.29, 1.82) is 0 Å². The molecule has 0 N–H and O–H groups in total. The van der Waals surface area contributed by atoms with E-state index in [4.69, 9.17) is 0 Å². The van der Waals surface area contributed by atoms with E-state index >= 15 is 0 Å². The molecule has 0 amide bonds. The Morgan fingerprint density at radius 1 is 1.00 bits per heavy atom. The van der Waals surface area contributed by atoms with Crippen LogP contribution in [0.25, 0.3) is 0 Å². The Labute approximate surface area is 56.0 Å². The maximum atomic E-state index is 2.34. The SMILES string of the molecule is CC1=C(C)C2C3CC2C13. The van der Waals surface area contributed by atoms with Gasteiger partial charge in [-0.05, 0) is 43.9 Å². The summed E-state index contributed by atoms with van der Waals surface area (Å²) in [4.78, 5) is 0. The maximum absolute atomic E-state index is 2.34. The van der Waals surface area contributed by atoms with E-state index in [9.17, 15) is 0 Å². The third-order valence-electron chi connectivity index (χ3n) is 4.01. The lowest BCUT2D eigenvalue weighted by molar-refractivity contribution is -0.0940. The van der Waals surface area contributed by atoms with Crippen molar-refractivity contribution in [3.63, 3.8) is 0 Å². The summed E-state index contributed by atoms with van der Waals surface area (Å²) < 4.78 is 0. The van der Waals surface area contributed by atoms with Crippen LogP contribution in [0.1, 0.15) is 20.3 Å². The van der Waals surface area contributed by atoms with Crippen LogP contribution in [0.3, 0.4) is 0 Å². The molecule has 0 aliphatic heterocycles. The molecule has 9 heavy (non-hydrogen) atoms. The highest BCUT2D eigenvalue weighted by Gasteiger charge is 2.66. The van der Waals surface area contributed by atoms with Crippen LogP contribution in [0.15, 0.2) is 11.1 Å². The van der Waals surface area contributed by atoms with Gasteiger partial charge in [-0.1, -0.05) is 11.1 Å². The molecule has 3 fully saturated rings. The van der Waals surface area contributed by atoms with Crippen LogP contribution in [0.2, 0.25) is 0 Å². The molecule has 0 saturated heterocycles. The first-order valence-electron chi connectivity index (χ1n) is 3.98. The standard InChI is InChI=1S/C9H12/c1-4-5(2)9-6-3-7(9)8(4)6/h6-9H,3H2,1-2H3. The van der Waals surface area contributed by atoms with Gasteiger partial charge >= 0.3 is 0 Å². The molecule has 0 nitrogen and oxygen atoms in total. The largest absolute Gasteiger partial charge is 0.0704 e. The summed E-state index contributed by atoms with van der Waals surface area (Å²) in [6.45, 7) is 4.68. The quantitative estimate of drug-likeness (QED) is 0.430. The monoisotopic (exact) mass is 120 g/mol. The van der Waals surface area contributed by atoms with Gasteiger partial charge in [0.25, 0.3) is 0 Å². The van der Waals surface area contributed by atoms with Gasteiger partial charge in [0.15, 0.2) is 0 Å². The Bertz CT molecular complexity index is 182. The normalized spacial score (nSPS) is 59.3. The topological polar surface area (TPSA) is 0 Å². The van der Waals surface area contributed by atoms with Crippen LogP contribution in [-0.4, -0.2) is 0 Å². The van der Waals surface area contributed by atoms with Crippen LogP contribution >= 0.6 is 0 Å². The van der Waals surface area contributed by atoms with Crippen molar-refractivity contribution in [1.82, 2.24) is 0 Å². The zero-order chi connectivity index (χ0) is 6.17. The summed E-state index contributed by atoms with van der Waals surface area (Å²) in [5.74, 6) is 4.43. The van der Waals surface area contributed by atoms with Gasteiger partial charge in [-0.2, -0.15) is 0 Å². The van der Waals surface area contributed by atoms with E-state index in [1.54, 1.807) is 17.6 Å². The Kier molecular flexibility index (Phi) is 0.505. The minimum atomic E-state index is 1.08. The van der Waals surface area contributed by atoms with E-state index in [-0.39, 0.29) is 0 Å². The van der Waals surface area contributed by atoms with Crippen molar-refractivity contribution >= 4 is 0 Å². The van der Waals surface area contributed by atoms with E-state index in [1.165, 1.54) is 0 Å². The lowest BCUT2D eigenvalue weighted by atomic mass is 9.44. The van der Waals surface area contributed by atoms with Gasteiger partial charge in [0, 0.05) is 0 Å². The molecule has 3 saturated carbocycles. The molecule has 0 spiro atoms. The van der Waals surface area contributed by atoms with E-state index in [0.717, 1.165) is 23.7 Å². The molecule has 0 radical (unpaired) electrons. The second-order valence-electron chi connectivity index (χ2n) is 3.98. The number of hydrogen-bond acceptors (Lipinski definition) is 0. The van der Waals surface area contributed by atoms with E-state index in [0.29, 0.717) is 0 Å². The summed E-state index contributed by atoms with van der Waals surface area (Å²) >= 11 is 0. The molecule has 5 aliphatic rings. The molecule has 5 rings (SSSR count). The number of allylic oxidation sites excluding steroid dienone is 2. The Morgan fingerprint density at radius 2 is 1.44 bits per heavy atom. The first kappa shape index (κ1) is 4.54. The van der Waals surface area contributed by atoms with Crippen LogP contribution in [0.4, 0.5) is 0 Å². The minimum absolute atomic E-state index is 1.08. The van der Waals surface area contributed by atoms with Crippen LogP contribution in [0.5, 0.6) is 0 Å². The molecule has 48 valence electrons. The lowest BCUT2D eigenvalue weighted by Crippen LogP contribution is -2.55. The summed E-state index contributed by atoms with van der Waals surface area (Å²) in [5, 5.41) is 0. The smallest absolute Gasteiger partial charge is 0.0135 e. The summed E-state index contributed by atoms with van der Waals surface area (Å²) in [6.07, 6.45) is 1.56. The van der Waals surface area contributed by atoms with E-state index in [1.807, 2.05) is 0 Å². The number of hydrogen-bond donors (Lipinski definition) is 0. The van der Waals surface area contributed by atoms with Gasteiger partial charge in [0.2, 0.25) is 0 Å². The first-order chi connectivity index (χ1) is 4.30. The van der Waals surface area contributed by atoms with Gasteiger partial charge in [-0.3, -0.25) is 0 Å². The highest BCUT2D eigenvalue weighted by atomic mass is 14.7. The van der Waals surface area contributed by atoms with Gasteiger partial charge < -0.3 is 0 Å². The van der Waals surface area contributed by atoms with Crippen molar-refractivity contribution in [2.24, 2.45) is 23.7 Å². The van der Waals surface area contributed by atoms with Crippen molar-refractivity contribution in [3.05, 3.63) is 11.1 Å². The van der Waals surface area contributed by atoms with Crippen LogP contribution in [-0.2, 0) is 0 Å². The van der Waals surface area contributed by atoms with Crippen molar-refractivity contribution in [2.75, 3.05) is 0 Å². The van der Waals surface area contributed by atoms with Crippen molar-refractivity contribution < 1.29 is 0 Å². The molecule has 0 atom stereocenters. The molecular weight excluding hydrogens is 108 g/mol.